The number of thiophene rings is 1. The normalized spacial score (nSPS) is 11.6. The molecule has 0 saturated heterocycles. The second kappa shape index (κ2) is 6.33. The molecule has 2 aromatic rings. The third-order valence-corrected chi connectivity index (χ3v) is 3.32. The van der Waals surface area contributed by atoms with Crippen LogP contribution in [-0.4, -0.2) is 11.0 Å². The lowest BCUT2D eigenvalue weighted by Gasteiger charge is -2.01. The van der Waals surface area contributed by atoms with Gasteiger partial charge in [0.05, 0.1) is 4.88 Å². The van der Waals surface area contributed by atoms with Gasteiger partial charge in [-0.05, 0) is 24.8 Å². The van der Waals surface area contributed by atoms with Gasteiger partial charge >= 0.3 is 5.97 Å². The summed E-state index contributed by atoms with van der Waals surface area (Å²) in [5.74, 6) is 0.240. The highest BCUT2D eigenvalue weighted by atomic mass is 32.1. The molecule has 0 aliphatic rings. The average Bonchev–Trinajstić information content (AvgIpc) is 3.06. The molecule has 0 aliphatic heterocycles. The zero-order valence-corrected chi connectivity index (χ0v) is 11.7. The molecular formula is C14H15NO3S. The number of allylic oxidation sites excluding steroid dienone is 1. The minimum absolute atomic E-state index is 0.128. The molecule has 2 rings (SSSR count). The van der Waals surface area contributed by atoms with Gasteiger partial charge in [0.25, 0.3) is 0 Å². The minimum atomic E-state index is -0.317. The number of nitrogens with zero attached hydrogens (tertiary/aromatic N) is 1. The van der Waals surface area contributed by atoms with Crippen LogP contribution in [0.15, 0.2) is 39.8 Å². The Morgan fingerprint density at radius 1 is 1.58 bits per heavy atom. The van der Waals surface area contributed by atoms with E-state index in [2.05, 4.69) is 4.98 Å². The molecule has 2 heterocycles. The average molecular weight is 277 g/mol. The fourth-order valence-electron chi connectivity index (χ4n) is 1.53. The molecule has 0 aromatic carbocycles. The van der Waals surface area contributed by atoms with Gasteiger partial charge in [0.15, 0.2) is 0 Å². The summed E-state index contributed by atoms with van der Waals surface area (Å²) in [6, 6.07) is 3.86. The Morgan fingerprint density at radius 2 is 2.42 bits per heavy atom. The summed E-state index contributed by atoms with van der Waals surface area (Å²) in [5.41, 5.74) is 1.23. The van der Waals surface area contributed by atoms with Crippen LogP contribution in [0.25, 0.3) is 10.8 Å². The minimum Gasteiger partial charge on any atom is -0.456 e. The van der Waals surface area contributed by atoms with Crippen LogP contribution in [0.1, 0.15) is 26.0 Å². The maximum Gasteiger partial charge on any atom is 0.333 e. The van der Waals surface area contributed by atoms with Crippen molar-refractivity contribution in [1.29, 1.82) is 0 Å². The number of rotatable bonds is 5. The monoisotopic (exact) mass is 277 g/mol. The van der Waals surface area contributed by atoms with Crippen LogP contribution in [-0.2, 0) is 16.1 Å². The molecule has 5 heteroatoms. The van der Waals surface area contributed by atoms with Crippen molar-refractivity contribution in [1.82, 2.24) is 4.98 Å². The van der Waals surface area contributed by atoms with E-state index in [1.54, 1.807) is 18.3 Å². The van der Waals surface area contributed by atoms with Gasteiger partial charge in [-0.2, -0.15) is 0 Å². The molecule has 0 N–H and O–H groups in total. The molecule has 0 fully saturated rings. The van der Waals surface area contributed by atoms with E-state index < -0.39 is 0 Å². The van der Waals surface area contributed by atoms with Crippen LogP contribution >= 0.6 is 11.3 Å². The van der Waals surface area contributed by atoms with Crippen molar-refractivity contribution >= 4 is 17.3 Å². The predicted octanol–water partition coefficient (Wildman–Crippen LogP) is 3.80. The summed E-state index contributed by atoms with van der Waals surface area (Å²) in [6.45, 7) is 3.84. The van der Waals surface area contributed by atoms with Crippen LogP contribution in [0.3, 0.4) is 0 Å². The molecule has 4 nitrogen and oxygen atoms in total. The van der Waals surface area contributed by atoms with E-state index in [1.165, 1.54) is 6.26 Å². The summed E-state index contributed by atoms with van der Waals surface area (Å²) in [4.78, 5) is 16.8. The first-order valence-corrected chi connectivity index (χ1v) is 6.91. The third-order valence-electron chi connectivity index (χ3n) is 2.47. The van der Waals surface area contributed by atoms with E-state index in [4.69, 9.17) is 9.15 Å². The van der Waals surface area contributed by atoms with Gasteiger partial charge in [-0.15, -0.1) is 11.3 Å². The van der Waals surface area contributed by atoms with Crippen LogP contribution in [0.2, 0.25) is 0 Å². The van der Waals surface area contributed by atoms with Gasteiger partial charge in [-0.3, -0.25) is 0 Å². The Morgan fingerprint density at radius 3 is 3.11 bits per heavy atom. The molecule has 0 saturated carbocycles. The van der Waals surface area contributed by atoms with E-state index in [0.29, 0.717) is 17.2 Å². The summed E-state index contributed by atoms with van der Waals surface area (Å²) in [6.07, 6.45) is 4.16. The number of esters is 1. The molecule has 0 amide bonds. The van der Waals surface area contributed by atoms with Crippen LogP contribution in [0, 0.1) is 0 Å². The van der Waals surface area contributed by atoms with Crippen molar-refractivity contribution in [3.8, 4) is 10.8 Å². The smallest absolute Gasteiger partial charge is 0.333 e. The summed E-state index contributed by atoms with van der Waals surface area (Å²) in [5, 5.41) is 1.96. The highest BCUT2D eigenvalue weighted by molar-refractivity contribution is 7.13. The second-order valence-corrected chi connectivity index (χ2v) is 4.94. The molecule has 0 atom stereocenters. The zero-order valence-electron chi connectivity index (χ0n) is 10.9. The maximum absolute atomic E-state index is 11.6. The number of hydrogen-bond acceptors (Lipinski definition) is 5. The number of ether oxygens (including phenoxy) is 1. The maximum atomic E-state index is 11.6. The van der Waals surface area contributed by atoms with Crippen molar-refractivity contribution in [2.24, 2.45) is 0 Å². The third kappa shape index (κ3) is 3.54. The van der Waals surface area contributed by atoms with E-state index in [0.717, 1.165) is 11.3 Å². The Bertz CT molecular complexity index is 569. The molecule has 19 heavy (non-hydrogen) atoms. The van der Waals surface area contributed by atoms with Gasteiger partial charge < -0.3 is 9.15 Å². The van der Waals surface area contributed by atoms with Crippen LogP contribution in [0.5, 0.6) is 0 Å². The Balaban J connectivity index is 1.94. The van der Waals surface area contributed by atoms with Crippen molar-refractivity contribution in [3.63, 3.8) is 0 Å². The summed E-state index contributed by atoms with van der Waals surface area (Å²) >= 11 is 1.55. The number of aromatic nitrogens is 1. The molecule has 0 bridgehead atoms. The summed E-state index contributed by atoms with van der Waals surface area (Å²) < 4.78 is 10.5. The lowest BCUT2D eigenvalue weighted by atomic mass is 10.2. The number of carbonyl (C=O) groups excluding carboxylic acids is 1. The molecule has 100 valence electrons. The molecular weight excluding hydrogens is 262 g/mol. The first-order chi connectivity index (χ1) is 9.20. The number of oxazole rings is 1. The van der Waals surface area contributed by atoms with Crippen molar-refractivity contribution in [2.75, 3.05) is 0 Å². The van der Waals surface area contributed by atoms with Gasteiger partial charge in [0, 0.05) is 5.57 Å². The molecule has 0 aliphatic carbocycles. The quantitative estimate of drug-likeness (QED) is 0.616. The second-order valence-electron chi connectivity index (χ2n) is 3.99. The molecule has 0 spiro atoms. The number of hydrogen-bond donors (Lipinski definition) is 0. The van der Waals surface area contributed by atoms with Crippen molar-refractivity contribution < 1.29 is 13.9 Å². The van der Waals surface area contributed by atoms with Gasteiger partial charge in [-0.1, -0.05) is 19.1 Å². The van der Waals surface area contributed by atoms with Crippen molar-refractivity contribution in [3.05, 3.63) is 41.1 Å². The molecule has 2 aromatic heterocycles. The fraction of sp³-hybridized carbons (Fsp3) is 0.286. The molecule has 0 unspecified atom stereocenters. The predicted molar refractivity (Wildman–Crippen MR) is 73.7 cm³/mol. The Kier molecular flexibility index (Phi) is 4.52. The highest BCUT2D eigenvalue weighted by Gasteiger charge is 2.10. The van der Waals surface area contributed by atoms with Crippen LogP contribution < -0.4 is 0 Å². The first-order valence-electron chi connectivity index (χ1n) is 6.03. The molecule has 0 radical (unpaired) electrons. The standard InChI is InChI=1S/C14H15NO3S/c1-3-5-10(2)14(16)18-9-11-8-17-13(15-11)12-6-4-7-19-12/h4-8H,3,9H2,1-2H3/b10-5-. The van der Waals surface area contributed by atoms with E-state index in [1.807, 2.05) is 30.5 Å². The van der Waals surface area contributed by atoms with Gasteiger partial charge in [-0.25, -0.2) is 9.78 Å². The van der Waals surface area contributed by atoms with Crippen molar-refractivity contribution in [2.45, 2.75) is 26.9 Å². The lowest BCUT2D eigenvalue weighted by Crippen LogP contribution is -2.05. The van der Waals surface area contributed by atoms with Gasteiger partial charge in [0.2, 0.25) is 5.89 Å². The summed E-state index contributed by atoms with van der Waals surface area (Å²) in [7, 11) is 0. The Labute approximate surface area is 115 Å². The van der Waals surface area contributed by atoms with E-state index >= 15 is 0 Å². The Hall–Kier alpha value is -1.88. The van der Waals surface area contributed by atoms with E-state index in [9.17, 15) is 4.79 Å². The lowest BCUT2D eigenvalue weighted by molar-refractivity contribution is -0.140. The van der Waals surface area contributed by atoms with E-state index in [-0.39, 0.29) is 12.6 Å². The first kappa shape index (κ1) is 13.5. The SMILES string of the molecule is CC/C=C(/C)C(=O)OCc1coc(-c2cccs2)n1. The zero-order chi connectivity index (χ0) is 13.7. The van der Waals surface area contributed by atoms with Gasteiger partial charge in [0.1, 0.15) is 18.6 Å². The fourth-order valence-corrected chi connectivity index (χ4v) is 2.18. The topological polar surface area (TPSA) is 52.3 Å². The van der Waals surface area contributed by atoms with Crippen LogP contribution in [0.4, 0.5) is 0 Å². The number of carbonyl (C=O) groups is 1. The largest absolute Gasteiger partial charge is 0.456 e. The highest BCUT2D eigenvalue weighted by Crippen LogP contribution is 2.23.